The van der Waals surface area contributed by atoms with E-state index in [-0.39, 0.29) is 17.2 Å². The van der Waals surface area contributed by atoms with Gasteiger partial charge in [0.15, 0.2) is 0 Å². The van der Waals surface area contributed by atoms with E-state index in [1.165, 1.54) is 12.1 Å². The highest BCUT2D eigenvalue weighted by atomic mass is 35.5. The van der Waals surface area contributed by atoms with Crippen LogP contribution in [0.1, 0.15) is 13.8 Å². The van der Waals surface area contributed by atoms with Crippen LogP contribution >= 0.6 is 11.6 Å². The molecule has 0 saturated carbocycles. The largest absolute Gasteiger partial charge is 0.489 e. The summed E-state index contributed by atoms with van der Waals surface area (Å²) in [5, 5.41) is 0.0887. The molecule has 0 bridgehead atoms. The zero-order valence-electron chi connectivity index (χ0n) is 8.13. The molecule has 1 rings (SSSR count). The van der Waals surface area contributed by atoms with Gasteiger partial charge in [-0.2, -0.15) is 0 Å². The predicted octanol–water partition coefficient (Wildman–Crippen LogP) is 2.59. The molecule has 1 aromatic carbocycles. The molecule has 1 aromatic rings. The third-order valence-electron chi connectivity index (χ3n) is 1.95. The third kappa shape index (κ3) is 2.86. The van der Waals surface area contributed by atoms with Crippen molar-refractivity contribution in [2.24, 2.45) is 5.73 Å². The summed E-state index contributed by atoms with van der Waals surface area (Å²) in [6.45, 7) is 3.66. The molecule has 4 heteroatoms. The number of benzene rings is 1. The van der Waals surface area contributed by atoms with Crippen LogP contribution in [0.25, 0.3) is 0 Å². The minimum absolute atomic E-state index is 0.0887. The summed E-state index contributed by atoms with van der Waals surface area (Å²) in [6.07, 6.45) is -0.157. The Morgan fingerprint density at radius 3 is 2.57 bits per heavy atom. The molecule has 0 amide bonds. The highest BCUT2D eigenvalue weighted by Gasteiger charge is 2.10. The van der Waals surface area contributed by atoms with Crippen LogP contribution in [0.5, 0.6) is 5.75 Å². The van der Waals surface area contributed by atoms with Gasteiger partial charge >= 0.3 is 0 Å². The maximum Gasteiger partial charge on any atom is 0.145 e. The summed E-state index contributed by atoms with van der Waals surface area (Å²) in [6, 6.07) is 4.22. The van der Waals surface area contributed by atoms with Crippen molar-refractivity contribution in [1.82, 2.24) is 0 Å². The van der Waals surface area contributed by atoms with Crippen LogP contribution in [0, 0.1) is 5.82 Å². The molecule has 0 aliphatic rings. The lowest BCUT2D eigenvalue weighted by Crippen LogP contribution is -2.33. The second-order valence-corrected chi connectivity index (χ2v) is 3.67. The maximum atomic E-state index is 13.0. The summed E-state index contributed by atoms with van der Waals surface area (Å²) in [5.41, 5.74) is 5.61. The molecule has 0 radical (unpaired) electrons. The summed E-state index contributed by atoms with van der Waals surface area (Å²) in [4.78, 5) is 0. The van der Waals surface area contributed by atoms with Gasteiger partial charge in [0.05, 0.1) is 5.02 Å². The van der Waals surface area contributed by atoms with Gasteiger partial charge < -0.3 is 10.5 Å². The fourth-order valence-corrected chi connectivity index (χ4v) is 0.990. The zero-order chi connectivity index (χ0) is 10.7. The van der Waals surface area contributed by atoms with E-state index in [9.17, 15) is 4.39 Å². The lowest BCUT2D eigenvalue weighted by molar-refractivity contribution is 0.196. The highest BCUT2D eigenvalue weighted by Crippen LogP contribution is 2.21. The second kappa shape index (κ2) is 4.62. The molecule has 2 atom stereocenters. The summed E-state index contributed by atoms with van der Waals surface area (Å²) < 4.78 is 18.4. The Kier molecular flexibility index (Phi) is 3.72. The van der Waals surface area contributed by atoms with Gasteiger partial charge in [-0.25, -0.2) is 4.39 Å². The quantitative estimate of drug-likeness (QED) is 0.845. The summed E-state index contributed by atoms with van der Waals surface area (Å²) in [5.74, 6) is -0.0438. The van der Waals surface area contributed by atoms with Crippen LogP contribution in [0.15, 0.2) is 18.2 Å². The molecule has 0 saturated heterocycles. The average molecular weight is 218 g/mol. The third-order valence-corrected chi connectivity index (χ3v) is 2.26. The first-order valence-corrected chi connectivity index (χ1v) is 4.76. The Hall–Kier alpha value is -0.800. The summed E-state index contributed by atoms with van der Waals surface area (Å²) >= 11 is 5.52. The normalized spacial score (nSPS) is 14.9. The van der Waals surface area contributed by atoms with Crippen molar-refractivity contribution in [3.8, 4) is 5.75 Å². The Morgan fingerprint density at radius 1 is 1.43 bits per heavy atom. The standard InChI is InChI=1S/C10H13ClFNO/c1-6(13)7(2)14-8-3-4-9(11)10(12)5-8/h3-7H,13H2,1-2H3. The highest BCUT2D eigenvalue weighted by molar-refractivity contribution is 6.30. The van der Waals surface area contributed by atoms with Crippen LogP contribution in [-0.4, -0.2) is 12.1 Å². The number of ether oxygens (including phenoxy) is 1. The summed E-state index contributed by atoms with van der Waals surface area (Å²) in [7, 11) is 0. The Balaban J connectivity index is 2.73. The molecule has 0 aromatic heterocycles. The molecule has 2 N–H and O–H groups in total. The number of hydrogen-bond acceptors (Lipinski definition) is 2. The molecule has 0 aliphatic carbocycles. The Labute approximate surface area is 87.8 Å². The SMILES string of the molecule is CC(N)C(C)Oc1ccc(Cl)c(F)c1. The van der Waals surface area contributed by atoms with Crippen LogP contribution in [-0.2, 0) is 0 Å². The van der Waals surface area contributed by atoms with Crippen molar-refractivity contribution in [3.63, 3.8) is 0 Å². The van der Waals surface area contributed by atoms with Crippen molar-refractivity contribution >= 4 is 11.6 Å². The van der Waals surface area contributed by atoms with Crippen molar-refractivity contribution in [3.05, 3.63) is 29.0 Å². The van der Waals surface area contributed by atoms with Gasteiger partial charge in [-0.1, -0.05) is 11.6 Å². The van der Waals surface area contributed by atoms with Gasteiger partial charge in [-0.3, -0.25) is 0 Å². The molecule has 0 aliphatic heterocycles. The fourth-order valence-electron chi connectivity index (χ4n) is 0.872. The van der Waals surface area contributed by atoms with Crippen LogP contribution < -0.4 is 10.5 Å². The molecular formula is C10H13ClFNO. The molecule has 14 heavy (non-hydrogen) atoms. The topological polar surface area (TPSA) is 35.2 Å². The van der Waals surface area contributed by atoms with Crippen molar-refractivity contribution in [2.75, 3.05) is 0 Å². The molecule has 78 valence electrons. The van der Waals surface area contributed by atoms with Crippen molar-refractivity contribution < 1.29 is 9.13 Å². The van der Waals surface area contributed by atoms with Gasteiger partial charge in [-0.15, -0.1) is 0 Å². The minimum atomic E-state index is -0.485. The molecule has 0 fully saturated rings. The predicted molar refractivity (Wildman–Crippen MR) is 55.1 cm³/mol. The van der Waals surface area contributed by atoms with E-state index in [0.717, 1.165) is 0 Å². The van der Waals surface area contributed by atoms with E-state index in [4.69, 9.17) is 22.1 Å². The van der Waals surface area contributed by atoms with Crippen molar-refractivity contribution in [2.45, 2.75) is 26.0 Å². The first-order chi connectivity index (χ1) is 6.50. The molecule has 2 unspecified atom stereocenters. The Bertz CT molecular complexity index is 317. The average Bonchev–Trinajstić information content (AvgIpc) is 2.11. The molecular weight excluding hydrogens is 205 g/mol. The maximum absolute atomic E-state index is 13.0. The van der Waals surface area contributed by atoms with Crippen molar-refractivity contribution in [1.29, 1.82) is 0 Å². The van der Waals surface area contributed by atoms with Crippen LogP contribution in [0.4, 0.5) is 4.39 Å². The lowest BCUT2D eigenvalue weighted by Gasteiger charge is -2.17. The van der Waals surface area contributed by atoms with Gasteiger partial charge in [0.2, 0.25) is 0 Å². The zero-order valence-corrected chi connectivity index (χ0v) is 8.88. The molecule has 0 heterocycles. The number of hydrogen-bond donors (Lipinski definition) is 1. The second-order valence-electron chi connectivity index (χ2n) is 3.26. The van der Waals surface area contributed by atoms with Crippen LogP contribution in [0.2, 0.25) is 5.02 Å². The van der Waals surface area contributed by atoms with Gasteiger partial charge in [0.25, 0.3) is 0 Å². The first-order valence-electron chi connectivity index (χ1n) is 4.38. The van der Waals surface area contributed by atoms with E-state index in [1.807, 2.05) is 13.8 Å². The van der Waals surface area contributed by atoms with Gasteiger partial charge in [0, 0.05) is 12.1 Å². The number of rotatable bonds is 3. The van der Waals surface area contributed by atoms with Crippen LogP contribution in [0.3, 0.4) is 0 Å². The monoisotopic (exact) mass is 217 g/mol. The van der Waals surface area contributed by atoms with E-state index in [2.05, 4.69) is 0 Å². The van der Waals surface area contributed by atoms with E-state index in [0.29, 0.717) is 5.75 Å². The van der Waals surface area contributed by atoms with E-state index < -0.39 is 5.82 Å². The van der Waals surface area contributed by atoms with E-state index in [1.54, 1.807) is 6.07 Å². The number of nitrogens with two attached hydrogens (primary N) is 1. The fraction of sp³-hybridized carbons (Fsp3) is 0.400. The first kappa shape index (κ1) is 11.3. The van der Waals surface area contributed by atoms with E-state index >= 15 is 0 Å². The van der Waals surface area contributed by atoms with Gasteiger partial charge in [-0.05, 0) is 26.0 Å². The Morgan fingerprint density at radius 2 is 2.07 bits per heavy atom. The smallest absolute Gasteiger partial charge is 0.145 e. The van der Waals surface area contributed by atoms with Gasteiger partial charge in [0.1, 0.15) is 17.7 Å². The lowest BCUT2D eigenvalue weighted by atomic mass is 10.2. The molecule has 2 nitrogen and oxygen atoms in total. The number of halogens is 2. The molecule has 0 spiro atoms. The minimum Gasteiger partial charge on any atom is -0.489 e.